The smallest absolute Gasteiger partial charge is 0.344 e. The number of para-hydroxylation sites is 1. The predicted molar refractivity (Wildman–Crippen MR) is 104 cm³/mol. The molecular weight excluding hydrogens is 356 g/mol. The van der Waals surface area contributed by atoms with E-state index in [1.165, 1.54) is 6.33 Å². The second kappa shape index (κ2) is 7.83. The third-order valence-corrected chi connectivity index (χ3v) is 4.47. The Balaban J connectivity index is 1.63. The quantitative estimate of drug-likeness (QED) is 0.537. The normalized spacial score (nSPS) is 12.0. The van der Waals surface area contributed by atoms with Crippen LogP contribution in [0.15, 0.2) is 72.0 Å². The van der Waals surface area contributed by atoms with E-state index in [1.807, 2.05) is 30.3 Å². The third kappa shape index (κ3) is 3.80. The Morgan fingerprint density at radius 3 is 2.68 bits per heavy atom. The Hall–Kier alpha value is -3.81. The first-order valence-electron chi connectivity index (χ1n) is 8.88. The molecule has 0 saturated heterocycles. The highest BCUT2D eigenvalue weighted by Crippen LogP contribution is 2.19. The van der Waals surface area contributed by atoms with Crippen molar-refractivity contribution in [3.8, 4) is 0 Å². The minimum absolute atomic E-state index is 0.112. The first-order valence-corrected chi connectivity index (χ1v) is 8.88. The number of rotatable bonds is 6. The molecule has 8 heteroatoms. The molecule has 1 amide bonds. The minimum atomic E-state index is -0.553. The minimum Gasteiger partial charge on any atom is -0.344 e. The fourth-order valence-electron chi connectivity index (χ4n) is 3.12. The van der Waals surface area contributed by atoms with Crippen LogP contribution in [0.25, 0.3) is 10.9 Å². The average Bonchev–Trinajstić information content (AvgIpc) is 3.24. The highest BCUT2D eigenvalue weighted by Gasteiger charge is 2.19. The number of hydrogen-bond donors (Lipinski definition) is 2. The lowest BCUT2D eigenvalue weighted by Gasteiger charge is -2.19. The van der Waals surface area contributed by atoms with E-state index in [4.69, 9.17) is 0 Å². The van der Waals surface area contributed by atoms with Crippen LogP contribution in [0.1, 0.15) is 28.5 Å². The van der Waals surface area contributed by atoms with Gasteiger partial charge in [0.25, 0.3) is 5.91 Å². The van der Waals surface area contributed by atoms with Gasteiger partial charge < -0.3 is 10.3 Å². The van der Waals surface area contributed by atoms with Gasteiger partial charge in [-0.3, -0.25) is 9.48 Å². The van der Waals surface area contributed by atoms with Gasteiger partial charge in [-0.05, 0) is 18.1 Å². The zero-order valence-corrected chi connectivity index (χ0v) is 14.9. The number of carbonyl (C=O) groups excluding carboxylic acids is 1. The number of nitrogens with one attached hydrogen (secondary N) is 2. The van der Waals surface area contributed by atoms with Crippen molar-refractivity contribution in [1.82, 2.24) is 30.0 Å². The number of H-pyrrole nitrogens is 1. The number of aryl methyl sites for hydroxylation is 1. The molecule has 2 aromatic heterocycles. The molecule has 0 spiro atoms. The zero-order valence-electron chi connectivity index (χ0n) is 14.9. The summed E-state index contributed by atoms with van der Waals surface area (Å²) in [5, 5.41) is 7.72. The third-order valence-electron chi connectivity index (χ3n) is 4.47. The van der Waals surface area contributed by atoms with Crippen molar-refractivity contribution in [1.29, 1.82) is 0 Å². The van der Waals surface area contributed by atoms with Crippen LogP contribution in [0.4, 0.5) is 0 Å². The summed E-state index contributed by atoms with van der Waals surface area (Å²) >= 11 is 0. The molecule has 0 saturated carbocycles. The van der Waals surface area contributed by atoms with Crippen molar-refractivity contribution in [3.05, 3.63) is 89.0 Å². The van der Waals surface area contributed by atoms with Crippen LogP contribution in [0, 0.1) is 0 Å². The van der Waals surface area contributed by atoms with Gasteiger partial charge in [0.2, 0.25) is 0 Å². The van der Waals surface area contributed by atoms with Crippen LogP contribution >= 0.6 is 0 Å². The second-order valence-electron chi connectivity index (χ2n) is 6.32. The lowest BCUT2D eigenvalue weighted by Crippen LogP contribution is -2.32. The Bertz CT molecular complexity index is 1140. The van der Waals surface area contributed by atoms with Crippen molar-refractivity contribution >= 4 is 16.8 Å². The average molecular weight is 374 g/mol. The van der Waals surface area contributed by atoms with Gasteiger partial charge in [-0.15, -0.1) is 0 Å². The summed E-state index contributed by atoms with van der Waals surface area (Å²) in [6.45, 7) is 0.587. The molecule has 1 unspecified atom stereocenters. The van der Waals surface area contributed by atoms with Crippen LogP contribution in [-0.2, 0) is 6.54 Å². The molecule has 0 aliphatic rings. The summed E-state index contributed by atoms with van der Waals surface area (Å²) < 4.78 is 1.71. The monoisotopic (exact) mass is 374 g/mol. The molecule has 0 bridgehead atoms. The molecule has 2 aromatic carbocycles. The van der Waals surface area contributed by atoms with Crippen LogP contribution in [0.3, 0.4) is 0 Å². The molecule has 28 heavy (non-hydrogen) atoms. The van der Waals surface area contributed by atoms with E-state index in [0.717, 1.165) is 5.56 Å². The molecule has 1 atom stereocenters. The number of benzene rings is 2. The van der Waals surface area contributed by atoms with Gasteiger partial charge in [0.1, 0.15) is 18.3 Å². The maximum Gasteiger partial charge on any atom is 0.346 e. The second-order valence-corrected chi connectivity index (χ2v) is 6.32. The molecular formula is C20H18N6O2. The summed E-state index contributed by atoms with van der Waals surface area (Å²) in [6.07, 6.45) is 3.72. The molecule has 140 valence electrons. The van der Waals surface area contributed by atoms with E-state index in [9.17, 15) is 9.59 Å². The summed E-state index contributed by atoms with van der Waals surface area (Å²) in [5.74, 6) is -0.394. The summed E-state index contributed by atoms with van der Waals surface area (Å²) in [4.78, 5) is 35.4. The molecule has 2 heterocycles. The van der Waals surface area contributed by atoms with Crippen molar-refractivity contribution < 1.29 is 4.79 Å². The van der Waals surface area contributed by atoms with Crippen molar-refractivity contribution in [3.63, 3.8) is 0 Å². The maximum atomic E-state index is 13.0. The van der Waals surface area contributed by atoms with Crippen LogP contribution in [-0.4, -0.2) is 30.6 Å². The molecule has 0 radical (unpaired) electrons. The van der Waals surface area contributed by atoms with Gasteiger partial charge in [0, 0.05) is 11.9 Å². The lowest BCUT2D eigenvalue weighted by molar-refractivity contribution is 0.0929. The van der Waals surface area contributed by atoms with Gasteiger partial charge in [0.15, 0.2) is 0 Å². The first kappa shape index (κ1) is 17.6. The van der Waals surface area contributed by atoms with Crippen molar-refractivity contribution in [2.24, 2.45) is 0 Å². The number of aromatic nitrogens is 5. The van der Waals surface area contributed by atoms with E-state index < -0.39 is 11.6 Å². The summed E-state index contributed by atoms with van der Waals surface area (Å²) in [5.41, 5.74) is 1.10. The molecule has 4 rings (SSSR count). The van der Waals surface area contributed by atoms with E-state index in [1.54, 1.807) is 35.3 Å². The van der Waals surface area contributed by atoms with Gasteiger partial charge in [0.05, 0.1) is 11.6 Å². The van der Waals surface area contributed by atoms with E-state index >= 15 is 0 Å². The number of amides is 1. The molecule has 4 aromatic rings. The maximum absolute atomic E-state index is 13.0. The first-order chi connectivity index (χ1) is 13.7. The van der Waals surface area contributed by atoms with E-state index in [-0.39, 0.29) is 11.7 Å². The number of fused-ring (bicyclic) bond motifs is 1. The summed E-state index contributed by atoms with van der Waals surface area (Å²) in [7, 11) is 0. The Morgan fingerprint density at radius 1 is 1.11 bits per heavy atom. The van der Waals surface area contributed by atoms with Gasteiger partial charge in [-0.1, -0.05) is 48.5 Å². The summed E-state index contributed by atoms with van der Waals surface area (Å²) in [6, 6.07) is 16.5. The van der Waals surface area contributed by atoms with Crippen LogP contribution in [0.5, 0.6) is 0 Å². The predicted octanol–water partition coefficient (Wildman–Crippen LogP) is 2.08. The van der Waals surface area contributed by atoms with Crippen molar-refractivity contribution in [2.75, 3.05) is 0 Å². The molecule has 0 aliphatic carbocycles. The largest absolute Gasteiger partial charge is 0.346 e. The Morgan fingerprint density at radius 2 is 1.89 bits per heavy atom. The van der Waals surface area contributed by atoms with Crippen LogP contribution in [0.2, 0.25) is 0 Å². The standard InChI is InChI=1S/C20H18N6O2/c27-19(18-15-8-4-5-9-17(15)24-20(28)25-18)23-16(14-6-2-1-3-7-14)10-11-26-13-21-12-22-26/h1-9,12-13,16H,10-11H2,(H,23,27)(H,24,25,28). The van der Waals surface area contributed by atoms with Gasteiger partial charge in [-0.2, -0.15) is 10.1 Å². The number of carbonyl (C=O) groups is 1. The highest BCUT2D eigenvalue weighted by molar-refractivity contribution is 6.04. The SMILES string of the molecule is O=C(NC(CCn1cncn1)c1ccccc1)c1nc(=O)[nH]c2ccccc12. The van der Waals surface area contributed by atoms with Crippen LogP contribution < -0.4 is 11.0 Å². The van der Waals surface area contributed by atoms with E-state index in [2.05, 4.69) is 25.4 Å². The molecule has 2 N–H and O–H groups in total. The fourth-order valence-corrected chi connectivity index (χ4v) is 3.12. The van der Waals surface area contributed by atoms with Gasteiger partial charge in [-0.25, -0.2) is 9.78 Å². The Kier molecular flexibility index (Phi) is 4.92. The van der Waals surface area contributed by atoms with Crippen molar-refractivity contribution in [2.45, 2.75) is 19.0 Å². The van der Waals surface area contributed by atoms with E-state index in [0.29, 0.717) is 23.9 Å². The molecule has 0 aliphatic heterocycles. The molecule has 0 fully saturated rings. The fraction of sp³-hybridized carbons (Fsp3) is 0.150. The zero-order chi connectivity index (χ0) is 19.3. The lowest BCUT2D eigenvalue weighted by atomic mass is 10.0. The Labute approximate surface area is 160 Å². The van der Waals surface area contributed by atoms with Gasteiger partial charge >= 0.3 is 5.69 Å². The molecule has 8 nitrogen and oxygen atoms in total. The highest BCUT2D eigenvalue weighted by atomic mass is 16.2. The number of hydrogen-bond acceptors (Lipinski definition) is 5. The topological polar surface area (TPSA) is 106 Å². The number of nitrogens with zero attached hydrogens (tertiary/aromatic N) is 4. The number of aromatic amines is 1.